The van der Waals surface area contributed by atoms with Crippen LogP contribution in [0, 0.1) is 0 Å². The highest BCUT2D eigenvalue weighted by atomic mass is 15.4. The summed E-state index contributed by atoms with van der Waals surface area (Å²) in [6, 6.07) is 0. The molecule has 0 aromatic rings. The van der Waals surface area contributed by atoms with Crippen molar-refractivity contribution in [3.8, 4) is 0 Å². The number of likely N-dealkylation sites (N-methyl/N-ethyl adjacent to an activating group) is 1. The summed E-state index contributed by atoms with van der Waals surface area (Å²) in [4.78, 5) is 12.8. The zero-order valence-electron chi connectivity index (χ0n) is 7.57. The van der Waals surface area contributed by atoms with Crippen LogP contribution in [0.4, 0.5) is 0 Å². The maximum Gasteiger partial charge on any atom is 0.159 e. The van der Waals surface area contributed by atoms with E-state index in [4.69, 9.17) is 0 Å². The minimum atomic E-state index is 0.846. The van der Waals surface area contributed by atoms with Gasteiger partial charge < -0.3 is 9.80 Å². The largest absolute Gasteiger partial charge is 0.361 e. The van der Waals surface area contributed by atoms with Gasteiger partial charge in [0.05, 0.1) is 6.67 Å². The predicted molar refractivity (Wildman–Crippen MR) is 49.0 cm³/mol. The van der Waals surface area contributed by atoms with Gasteiger partial charge >= 0.3 is 0 Å². The van der Waals surface area contributed by atoms with E-state index < -0.39 is 0 Å². The number of rotatable bonds is 0. The van der Waals surface area contributed by atoms with Crippen LogP contribution in [0.3, 0.4) is 0 Å². The SMILES string of the molecule is CC1=NC2=CN(C)CN(C)C2=N1. The van der Waals surface area contributed by atoms with Crippen LogP contribution in [-0.4, -0.2) is 42.2 Å². The Hall–Kier alpha value is -1.32. The second kappa shape index (κ2) is 2.33. The van der Waals surface area contributed by atoms with Gasteiger partial charge in [0.25, 0.3) is 0 Å². The van der Waals surface area contributed by atoms with Gasteiger partial charge in [-0.1, -0.05) is 0 Å². The fourth-order valence-corrected chi connectivity index (χ4v) is 1.48. The summed E-state index contributed by atoms with van der Waals surface area (Å²) >= 11 is 0. The number of nitrogens with zero attached hydrogens (tertiary/aromatic N) is 4. The third-order valence-corrected chi connectivity index (χ3v) is 1.92. The number of amidine groups is 2. The van der Waals surface area contributed by atoms with Gasteiger partial charge in [-0.05, 0) is 6.92 Å². The Morgan fingerprint density at radius 2 is 2.08 bits per heavy atom. The lowest BCUT2D eigenvalue weighted by molar-refractivity contribution is 0.304. The first-order chi connectivity index (χ1) is 5.66. The number of hydrogen-bond acceptors (Lipinski definition) is 4. The molecule has 0 spiro atoms. The predicted octanol–water partition coefficient (Wildman–Crippen LogP) is 0.493. The van der Waals surface area contributed by atoms with Crippen molar-refractivity contribution in [2.75, 3.05) is 20.8 Å². The van der Waals surface area contributed by atoms with Crippen molar-refractivity contribution in [3.05, 3.63) is 11.9 Å². The highest BCUT2D eigenvalue weighted by Gasteiger charge is 2.22. The maximum atomic E-state index is 4.32. The lowest BCUT2D eigenvalue weighted by Crippen LogP contribution is -2.39. The van der Waals surface area contributed by atoms with E-state index in [9.17, 15) is 0 Å². The van der Waals surface area contributed by atoms with Crippen molar-refractivity contribution in [1.82, 2.24) is 9.80 Å². The summed E-state index contributed by atoms with van der Waals surface area (Å²) in [6.45, 7) is 2.80. The highest BCUT2D eigenvalue weighted by Crippen LogP contribution is 2.17. The maximum absolute atomic E-state index is 4.32. The summed E-state index contributed by atoms with van der Waals surface area (Å²) in [7, 11) is 4.06. The second-order valence-electron chi connectivity index (χ2n) is 3.21. The number of hydrogen-bond donors (Lipinski definition) is 0. The topological polar surface area (TPSA) is 31.2 Å². The van der Waals surface area contributed by atoms with Gasteiger partial charge in [-0.2, -0.15) is 0 Å². The quantitative estimate of drug-likeness (QED) is 0.522. The van der Waals surface area contributed by atoms with E-state index in [0.717, 1.165) is 24.0 Å². The van der Waals surface area contributed by atoms with E-state index in [-0.39, 0.29) is 0 Å². The Balaban J connectivity index is 2.40. The fourth-order valence-electron chi connectivity index (χ4n) is 1.48. The van der Waals surface area contributed by atoms with E-state index in [1.165, 1.54) is 0 Å². The van der Waals surface area contributed by atoms with Crippen molar-refractivity contribution in [2.24, 2.45) is 9.98 Å². The molecule has 0 saturated carbocycles. The third-order valence-electron chi connectivity index (χ3n) is 1.92. The van der Waals surface area contributed by atoms with Crippen LogP contribution >= 0.6 is 0 Å². The van der Waals surface area contributed by atoms with Gasteiger partial charge in [0.1, 0.15) is 11.5 Å². The Bertz CT molecular complexity index is 300. The van der Waals surface area contributed by atoms with Gasteiger partial charge in [-0.25, -0.2) is 9.98 Å². The van der Waals surface area contributed by atoms with Crippen LogP contribution in [0.1, 0.15) is 6.92 Å². The Kier molecular flexibility index (Phi) is 1.43. The molecule has 2 aliphatic rings. The first-order valence-electron chi connectivity index (χ1n) is 3.94. The molecule has 2 rings (SSSR count). The van der Waals surface area contributed by atoms with Crippen molar-refractivity contribution in [1.29, 1.82) is 0 Å². The number of fused-ring (bicyclic) bond motifs is 1. The van der Waals surface area contributed by atoms with Crippen LogP contribution in [0.5, 0.6) is 0 Å². The van der Waals surface area contributed by atoms with Crippen LogP contribution in [0.25, 0.3) is 0 Å². The van der Waals surface area contributed by atoms with E-state index in [1.54, 1.807) is 0 Å². The molecule has 12 heavy (non-hydrogen) atoms. The zero-order valence-corrected chi connectivity index (χ0v) is 7.57. The first kappa shape index (κ1) is 7.34. The summed E-state index contributed by atoms with van der Waals surface area (Å²) in [5.41, 5.74) is 0.976. The molecule has 0 amide bonds. The molecule has 0 aromatic heterocycles. The molecular formula is C8H12N4. The molecule has 0 saturated heterocycles. The summed E-state index contributed by atoms with van der Waals surface area (Å²) in [5.74, 6) is 1.84. The minimum absolute atomic E-state index is 0.846. The fraction of sp³-hybridized carbons (Fsp3) is 0.500. The van der Waals surface area contributed by atoms with Crippen molar-refractivity contribution < 1.29 is 0 Å². The molecule has 0 aromatic carbocycles. The summed E-state index contributed by atoms with van der Waals surface area (Å²) in [6.07, 6.45) is 2.02. The smallest absolute Gasteiger partial charge is 0.159 e. The minimum Gasteiger partial charge on any atom is -0.361 e. The van der Waals surface area contributed by atoms with Gasteiger partial charge in [0, 0.05) is 20.3 Å². The molecule has 0 unspecified atom stereocenters. The lowest BCUT2D eigenvalue weighted by Gasteiger charge is -2.29. The van der Waals surface area contributed by atoms with Crippen molar-refractivity contribution in [2.45, 2.75) is 6.92 Å². The summed E-state index contributed by atoms with van der Waals surface area (Å²) < 4.78 is 0. The van der Waals surface area contributed by atoms with E-state index in [0.29, 0.717) is 0 Å². The highest BCUT2D eigenvalue weighted by molar-refractivity contribution is 6.11. The first-order valence-corrected chi connectivity index (χ1v) is 3.94. The van der Waals surface area contributed by atoms with E-state index in [1.807, 2.05) is 27.2 Å². The molecule has 2 aliphatic heterocycles. The molecule has 4 heteroatoms. The van der Waals surface area contributed by atoms with E-state index in [2.05, 4.69) is 19.8 Å². The van der Waals surface area contributed by atoms with Crippen LogP contribution in [-0.2, 0) is 0 Å². The Morgan fingerprint density at radius 3 is 2.83 bits per heavy atom. The zero-order chi connectivity index (χ0) is 8.72. The lowest BCUT2D eigenvalue weighted by atomic mass is 10.3. The number of aliphatic imine (C=N–C) groups is 2. The molecular weight excluding hydrogens is 152 g/mol. The molecule has 0 radical (unpaired) electrons. The Morgan fingerprint density at radius 1 is 1.33 bits per heavy atom. The molecule has 0 atom stereocenters. The second-order valence-corrected chi connectivity index (χ2v) is 3.21. The normalized spacial score (nSPS) is 21.8. The summed E-state index contributed by atoms with van der Waals surface area (Å²) in [5, 5.41) is 0. The van der Waals surface area contributed by atoms with Gasteiger partial charge in [-0.15, -0.1) is 0 Å². The van der Waals surface area contributed by atoms with Gasteiger partial charge in [0.15, 0.2) is 5.84 Å². The molecule has 0 bridgehead atoms. The monoisotopic (exact) mass is 164 g/mol. The third kappa shape index (κ3) is 0.995. The molecule has 4 nitrogen and oxygen atoms in total. The molecule has 0 N–H and O–H groups in total. The molecule has 2 heterocycles. The molecule has 0 aliphatic carbocycles. The van der Waals surface area contributed by atoms with Crippen LogP contribution < -0.4 is 0 Å². The molecule has 64 valence electrons. The average Bonchev–Trinajstić information content (AvgIpc) is 2.29. The van der Waals surface area contributed by atoms with E-state index >= 15 is 0 Å². The van der Waals surface area contributed by atoms with Crippen molar-refractivity contribution >= 4 is 11.7 Å². The van der Waals surface area contributed by atoms with Crippen LogP contribution in [0.15, 0.2) is 21.9 Å². The standard InChI is InChI=1S/C8H12N4/c1-6-9-7-4-11(2)5-12(3)8(7)10-6/h4H,5H2,1-3H3. The van der Waals surface area contributed by atoms with Gasteiger partial charge in [0.2, 0.25) is 0 Å². The van der Waals surface area contributed by atoms with Crippen LogP contribution in [0.2, 0.25) is 0 Å². The van der Waals surface area contributed by atoms with Gasteiger partial charge in [-0.3, -0.25) is 0 Å². The Labute approximate surface area is 71.9 Å². The van der Waals surface area contributed by atoms with Crippen molar-refractivity contribution in [3.63, 3.8) is 0 Å². The molecule has 0 fully saturated rings. The average molecular weight is 164 g/mol.